The average Bonchev–Trinajstić information content (AvgIpc) is 3.00. The molecule has 0 bridgehead atoms. The number of hydrogen-bond donors (Lipinski definition) is 3. The largest absolute Gasteiger partial charge is 0.493 e. The van der Waals surface area contributed by atoms with E-state index < -0.39 is 17.6 Å². The molecule has 5 rings (SSSR count). The van der Waals surface area contributed by atoms with E-state index in [9.17, 15) is 18.0 Å². The van der Waals surface area contributed by atoms with Gasteiger partial charge in [0, 0.05) is 22.3 Å². The lowest BCUT2D eigenvalue weighted by molar-refractivity contribution is -0.137. The number of carbonyl (C=O) groups is 1. The Bertz CT molecular complexity index is 1580. The maximum absolute atomic E-state index is 12.9. The molecular weight excluding hydrogens is 563 g/mol. The molecule has 1 aliphatic rings. The summed E-state index contributed by atoms with van der Waals surface area (Å²) >= 11 is 1.32. The molecular formula is C31H28F3N5O2S. The Morgan fingerprint density at radius 1 is 1.02 bits per heavy atom. The van der Waals surface area contributed by atoms with Crippen LogP contribution in [0.2, 0.25) is 0 Å². The van der Waals surface area contributed by atoms with Gasteiger partial charge < -0.3 is 20.7 Å². The number of nitrogens with one attached hydrogen (secondary N) is 3. The van der Waals surface area contributed by atoms with Crippen molar-refractivity contribution in [1.29, 1.82) is 0 Å². The summed E-state index contributed by atoms with van der Waals surface area (Å²) < 4.78 is 44.7. The lowest BCUT2D eigenvalue weighted by atomic mass is 9.99. The summed E-state index contributed by atoms with van der Waals surface area (Å²) in [4.78, 5) is 22.0. The molecule has 0 unspecified atom stereocenters. The van der Waals surface area contributed by atoms with Crippen molar-refractivity contribution in [3.05, 3.63) is 77.9 Å². The van der Waals surface area contributed by atoms with Crippen LogP contribution in [0.25, 0.3) is 10.9 Å². The number of anilines is 3. The van der Waals surface area contributed by atoms with Crippen molar-refractivity contribution in [3.63, 3.8) is 0 Å². The molecule has 1 saturated heterocycles. The first kappa shape index (κ1) is 29.2. The number of ether oxygens (including phenoxy) is 1. The van der Waals surface area contributed by atoms with E-state index in [2.05, 4.69) is 31.8 Å². The van der Waals surface area contributed by atoms with Gasteiger partial charge in [-0.15, -0.1) is 6.42 Å². The number of thioether (sulfide) groups is 1. The summed E-state index contributed by atoms with van der Waals surface area (Å²) in [7, 11) is 0. The van der Waals surface area contributed by atoms with Gasteiger partial charge in [-0.1, -0.05) is 17.7 Å². The number of hydrogen-bond acceptors (Lipinski definition) is 7. The Labute approximate surface area is 245 Å². The van der Waals surface area contributed by atoms with Crippen LogP contribution in [-0.2, 0) is 6.18 Å². The van der Waals surface area contributed by atoms with Crippen LogP contribution in [0.15, 0.2) is 71.9 Å². The summed E-state index contributed by atoms with van der Waals surface area (Å²) in [6, 6.07) is 16.8. The summed E-state index contributed by atoms with van der Waals surface area (Å²) in [6.07, 6.45) is 3.16. The quantitative estimate of drug-likeness (QED) is 0.113. The summed E-state index contributed by atoms with van der Waals surface area (Å²) in [5, 5.41) is 10.6. The van der Waals surface area contributed by atoms with Gasteiger partial charge >= 0.3 is 6.18 Å². The summed E-state index contributed by atoms with van der Waals surface area (Å²) in [5.41, 5.74) is 1.11. The lowest BCUT2D eigenvalue weighted by Gasteiger charge is -2.22. The van der Waals surface area contributed by atoms with Gasteiger partial charge in [0.1, 0.15) is 11.6 Å². The third-order valence-corrected chi connectivity index (χ3v) is 7.51. The van der Waals surface area contributed by atoms with Gasteiger partial charge in [0.25, 0.3) is 5.91 Å². The van der Waals surface area contributed by atoms with E-state index in [1.54, 1.807) is 18.2 Å². The number of piperidine rings is 1. The van der Waals surface area contributed by atoms with E-state index in [0.717, 1.165) is 61.6 Å². The second-order valence-corrected chi connectivity index (χ2v) is 10.7. The van der Waals surface area contributed by atoms with Crippen LogP contribution in [0.5, 0.6) is 5.75 Å². The van der Waals surface area contributed by atoms with Crippen LogP contribution in [0, 0.1) is 18.3 Å². The Balaban J connectivity index is 1.35. The van der Waals surface area contributed by atoms with Crippen LogP contribution in [0.3, 0.4) is 0 Å². The zero-order chi connectivity index (χ0) is 29.5. The molecule has 0 radical (unpaired) electrons. The molecule has 0 atom stereocenters. The normalized spacial score (nSPS) is 13.9. The molecule has 0 spiro atoms. The topological polar surface area (TPSA) is 88.2 Å². The Hall–Kier alpha value is -4.27. The highest BCUT2D eigenvalue weighted by Crippen LogP contribution is 2.31. The van der Waals surface area contributed by atoms with Crippen molar-refractivity contribution in [1.82, 2.24) is 15.3 Å². The highest BCUT2D eigenvalue weighted by Gasteiger charge is 2.30. The minimum absolute atomic E-state index is 0.0983. The monoisotopic (exact) mass is 591 g/mol. The number of halogens is 3. The number of carbonyl (C=O) groups excluding carboxylic acids is 1. The molecule has 1 amide bonds. The van der Waals surface area contributed by atoms with E-state index in [1.807, 2.05) is 24.3 Å². The molecule has 3 N–H and O–H groups in total. The predicted octanol–water partition coefficient (Wildman–Crippen LogP) is 6.75. The molecule has 216 valence electrons. The number of rotatable bonds is 9. The number of amides is 1. The molecule has 2 heterocycles. The highest BCUT2D eigenvalue weighted by atomic mass is 32.2. The zero-order valence-corrected chi connectivity index (χ0v) is 23.3. The molecule has 0 aliphatic carbocycles. The van der Waals surface area contributed by atoms with E-state index >= 15 is 0 Å². The van der Waals surface area contributed by atoms with Gasteiger partial charge in [-0.25, -0.2) is 9.97 Å². The van der Waals surface area contributed by atoms with Gasteiger partial charge in [0.05, 0.1) is 23.4 Å². The first-order chi connectivity index (χ1) is 20.3. The average molecular weight is 592 g/mol. The van der Waals surface area contributed by atoms with Crippen LogP contribution < -0.4 is 20.7 Å². The van der Waals surface area contributed by atoms with E-state index in [1.165, 1.54) is 11.8 Å². The summed E-state index contributed by atoms with van der Waals surface area (Å²) in [6.45, 7) is 2.72. The molecule has 3 aromatic carbocycles. The maximum atomic E-state index is 12.9. The smallest absolute Gasteiger partial charge is 0.416 e. The molecule has 1 aromatic heterocycles. The molecule has 4 aromatic rings. The first-order valence-electron chi connectivity index (χ1n) is 13.4. The summed E-state index contributed by atoms with van der Waals surface area (Å²) in [5.74, 6) is 4.26. The predicted molar refractivity (Wildman–Crippen MR) is 159 cm³/mol. The van der Waals surface area contributed by atoms with Crippen molar-refractivity contribution in [2.75, 3.05) is 36.1 Å². The van der Waals surface area contributed by atoms with Crippen LogP contribution in [0.1, 0.15) is 28.8 Å². The third-order valence-electron chi connectivity index (χ3n) is 6.75. The number of aromatic nitrogens is 2. The number of benzene rings is 3. The van der Waals surface area contributed by atoms with Crippen LogP contribution >= 0.6 is 11.8 Å². The van der Waals surface area contributed by atoms with Gasteiger partial charge in [-0.05, 0) is 98.6 Å². The first-order valence-corrected chi connectivity index (χ1v) is 14.3. The van der Waals surface area contributed by atoms with Crippen LogP contribution in [0.4, 0.5) is 30.4 Å². The van der Waals surface area contributed by atoms with Crippen LogP contribution in [-0.4, -0.2) is 41.3 Å². The van der Waals surface area contributed by atoms with Gasteiger partial charge in [-0.3, -0.25) is 4.79 Å². The molecule has 1 aliphatic heterocycles. The fraction of sp³-hybridized carbons (Fsp3) is 0.258. The SMILES string of the molecule is C#CCSc1nc(Nc2ccc(OCC3CCNCC3)cc2)c2cc(NC(=O)c3ccc(C(F)(F)F)cc3)ccc2n1. The molecule has 42 heavy (non-hydrogen) atoms. The molecule has 1 fully saturated rings. The fourth-order valence-corrected chi connectivity index (χ4v) is 5.03. The standard InChI is InChI=1S/C31H28F3N5O2S/c1-2-17-42-30-38-27-12-9-24(37-29(40)21-3-5-22(6-4-21)31(32,33)34)18-26(27)28(39-30)36-23-7-10-25(11-8-23)41-19-20-13-15-35-16-14-20/h1,3-12,18,20,35H,13-17,19H2,(H,37,40)(H,36,38,39). The lowest BCUT2D eigenvalue weighted by Crippen LogP contribution is -2.30. The second-order valence-electron chi connectivity index (χ2n) is 9.76. The Morgan fingerprint density at radius 3 is 2.43 bits per heavy atom. The van der Waals surface area contributed by atoms with Gasteiger partial charge in [0.15, 0.2) is 5.16 Å². The fourth-order valence-electron chi connectivity index (χ4n) is 4.50. The van der Waals surface area contributed by atoms with E-state index in [-0.39, 0.29) is 5.56 Å². The van der Waals surface area contributed by atoms with Gasteiger partial charge in [-0.2, -0.15) is 13.2 Å². The zero-order valence-electron chi connectivity index (χ0n) is 22.5. The number of terminal acetylenes is 1. The maximum Gasteiger partial charge on any atom is 0.416 e. The number of fused-ring (bicyclic) bond motifs is 1. The minimum Gasteiger partial charge on any atom is -0.493 e. The van der Waals surface area contributed by atoms with Crippen molar-refractivity contribution < 1.29 is 22.7 Å². The molecule has 11 heteroatoms. The van der Waals surface area contributed by atoms with Crippen molar-refractivity contribution in [3.8, 4) is 18.1 Å². The van der Waals surface area contributed by atoms with Crippen molar-refractivity contribution in [2.24, 2.45) is 5.92 Å². The van der Waals surface area contributed by atoms with Gasteiger partial charge in [0.2, 0.25) is 0 Å². The van der Waals surface area contributed by atoms with Crippen molar-refractivity contribution in [2.45, 2.75) is 24.2 Å². The van der Waals surface area contributed by atoms with E-state index in [0.29, 0.717) is 45.8 Å². The molecule has 0 saturated carbocycles. The Morgan fingerprint density at radius 2 is 1.74 bits per heavy atom. The number of alkyl halides is 3. The minimum atomic E-state index is -4.48. The number of nitrogens with zero attached hydrogens (tertiary/aromatic N) is 2. The molecule has 7 nitrogen and oxygen atoms in total. The second kappa shape index (κ2) is 13.1. The van der Waals surface area contributed by atoms with Crippen molar-refractivity contribution >= 4 is 45.8 Å². The highest BCUT2D eigenvalue weighted by molar-refractivity contribution is 7.99. The van der Waals surface area contributed by atoms with E-state index in [4.69, 9.17) is 11.2 Å². The third kappa shape index (κ3) is 7.51. The Kier molecular flexibility index (Phi) is 9.15.